The van der Waals surface area contributed by atoms with Crippen LogP contribution in [0.25, 0.3) is 0 Å². The Labute approximate surface area is 123 Å². The van der Waals surface area contributed by atoms with E-state index in [1.165, 1.54) is 25.7 Å². The fourth-order valence-corrected chi connectivity index (χ4v) is 4.23. The highest BCUT2D eigenvalue weighted by Crippen LogP contribution is 2.38. The number of likely N-dealkylation sites (tertiary alicyclic amines) is 1. The number of hydrogen-bond donors (Lipinski definition) is 1. The van der Waals surface area contributed by atoms with Crippen molar-refractivity contribution in [2.75, 3.05) is 13.1 Å². The van der Waals surface area contributed by atoms with E-state index in [4.69, 9.17) is 0 Å². The van der Waals surface area contributed by atoms with Crippen LogP contribution in [-0.4, -0.2) is 35.1 Å². The van der Waals surface area contributed by atoms with Gasteiger partial charge in [0.1, 0.15) is 0 Å². The summed E-state index contributed by atoms with van der Waals surface area (Å²) in [6.45, 7) is 8.58. The molecule has 2 fully saturated rings. The number of piperidine rings is 1. The first-order valence-electron chi connectivity index (χ1n) is 8.46. The van der Waals surface area contributed by atoms with Gasteiger partial charge in [-0.1, -0.05) is 20.8 Å². The van der Waals surface area contributed by atoms with Crippen molar-refractivity contribution < 1.29 is 9.90 Å². The molecule has 1 aliphatic carbocycles. The van der Waals surface area contributed by atoms with Crippen molar-refractivity contribution in [2.24, 2.45) is 17.3 Å². The Kier molecular flexibility index (Phi) is 5.11. The lowest BCUT2D eigenvalue weighted by Crippen LogP contribution is -2.51. The summed E-state index contributed by atoms with van der Waals surface area (Å²) in [5.74, 6) is 1.10. The topological polar surface area (TPSA) is 40.5 Å². The maximum absolute atomic E-state index is 11.7. The Morgan fingerprint density at radius 3 is 2.45 bits per heavy atom. The van der Waals surface area contributed by atoms with Gasteiger partial charge < -0.3 is 5.11 Å². The monoisotopic (exact) mass is 281 g/mol. The fourth-order valence-electron chi connectivity index (χ4n) is 4.23. The maximum Gasteiger partial charge on any atom is 0.310 e. The molecule has 3 heteroatoms. The summed E-state index contributed by atoms with van der Waals surface area (Å²) >= 11 is 0. The molecule has 0 spiro atoms. The molecule has 0 aromatic heterocycles. The highest BCUT2D eigenvalue weighted by molar-refractivity contribution is 5.75. The van der Waals surface area contributed by atoms with Crippen LogP contribution in [0.3, 0.4) is 0 Å². The zero-order valence-electron chi connectivity index (χ0n) is 13.4. The molecule has 3 nitrogen and oxygen atoms in total. The molecule has 1 saturated carbocycles. The molecular formula is C17H31NO2. The van der Waals surface area contributed by atoms with E-state index in [-0.39, 0.29) is 0 Å². The van der Waals surface area contributed by atoms with Crippen LogP contribution in [0.2, 0.25) is 0 Å². The molecule has 1 saturated heterocycles. The number of rotatable bonds is 4. The van der Waals surface area contributed by atoms with E-state index < -0.39 is 11.4 Å². The minimum atomic E-state index is -0.583. The van der Waals surface area contributed by atoms with E-state index in [2.05, 4.69) is 18.7 Å². The number of nitrogens with zero attached hydrogens (tertiary/aromatic N) is 1. The molecule has 1 N–H and O–H groups in total. The van der Waals surface area contributed by atoms with E-state index in [9.17, 15) is 9.90 Å². The number of hydrogen-bond acceptors (Lipinski definition) is 2. The molecule has 1 aliphatic heterocycles. The van der Waals surface area contributed by atoms with Crippen LogP contribution in [0.4, 0.5) is 0 Å². The average molecular weight is 281 g/mol. The van der Waals surface area contributed by atoms with Crippen molar-refractivity contribution in [1.29, 1.82) is 0 Å². The van der Waals surface area contributed by atoms with Crippen LogP contribution in [0.15, 0.2) is 0 Å². The van der Waals surface area contributed by atoms with Crippen molar-refractivity contribution in [1.82, 2.24) is 4.90 Å². The zero-order chi connectivity index (χ0) is 14.8. The molecule has 0 aromatic rings. The standard InChI is InChI=1S/C17H31NO2/c1-4-17(16(19)20)10-5-11-18(12-17)15-8-6-14(7-9-15)13(2)3/h13-15H,4-12H2,1-3H3,(H,19,20). The van der Waals surface area contributed by atoms with Gasteiger partial charge in [-0.25, -0.2) is 0 Å². The van der Waals surface area contributed by atoms with Gasteiger partial charge in [0.05, 0.1) is 5.41 Å². The highest BCUT2D eigenvalue weighted by atomic mass is 16.4. The summed E-state index contributed by atoms with van der Waals surface area (Å²) in [5, 5.41) is 9.59. The van der Waals surface area contributed by atoms with Gasteiger partial charge in [-0.2, -0.15) is 0 Å². The fraction of sp³-hybridized carbons (Fsp3) is 0.941. The van der Waals surface area contributed by atoms with Gasteiger partial charge in [0, 0.05) is 12.6 Å². The van der Waals surface area contributed by atoms with Crippen LogP contribution in [0.5, 0.6) is 0 Å². The lowest BCUT2D eigenvalue weighted by molar-refractivity contribution is -0.153. The van der Waals surface area contributed by atoms with Crippen molar-refractivity contribution in [2.45, 2.75) is 71.8 Å². The summed E-state index contributed by atoms with van der Waals surface area (Å²) < 4.78 is 0. The zero-order valence-corrected chi connectivity index (χ0v) is 13.4. The summed E-state index contributed by atoms with van der Waals surface area (Å²) in [6.07, 6.45) is 7.85. The van der Waals surface area contributed by atoms with E-state index >= 15 is 0 Å². The van der Waals surface area contributed by atoms with Gasteiger partial charge in [-0.3, -0.25) is 9.69 Å². The molecule has 0 radical (unpaired) electrons. The molecule has 20 heavy (non-hydrogen) atoms. The number of carboxylic acids is 1. The highest BCUT2D eigenvalue weighted by Gasteiger charge is 2.42. The second kappa shape index (κ2) is 6.46. The molecule has 0 amide bonds. The third-order valence-electron chi connectivity index (χ3n) is 5.94. The predicted octanol–water partition coefficient (Wildman–Crippen LogP) is 3.78. The molecule has 1 atom stereocenters. The maximum atomic E-state index is 11.7. The van der Waals surface area contributed by atoms with E-state index in [1.54, 1.807) is 0 Å². The molecule has 2 aliphatic rings. The molecule has 1 unspecified atom stereocenters. The van der Waals surface area contributed by atoms with Gasteiger partial charge >= 0.3 is 5.97 Å². The first kappa shape index (κ1) is 15.8. The first-order valence-corrected chi connectivity index (χ1v) is 8.46. The van der Waals surface area contributed by atoms with E-state index in [1.807, 2.05) is 6.92 Å². The van der Waals surface area contributed by atoms with Crippen LogP contribution in [0.1, 0.15) is 65.7 Å². The van der Waals surface area contributed by atoms with Crippen molar-refractivity contribution >= 4 is 5.97 Å². The van der Waals surface area contributed by atoms with Gasteiger partial charge in [0.2, 0.25) is 0 Å². The average Bonchev–Trinajstić information content (AvgIpc) is 2.47. The van der Waals surface area contributed by atoms with Gasteiger partial charge in [0.15, 0.2) is 0 Å². The smallest absolute Gasteiger partial charge is 0.310 e. The second-order valence-electron chi connectivity index (χ2n) is 7.33. The molecule has 0 aromatic carbocycles. The lowest BCUT2D eigenvalue weighted by atomic mass is 9.75. The number of carbonyl (C=O) groups is 1. The van der Waals surface area contributed by atoms with Crippen LogP contribution in [0, 0.1) is 17.3 Å². The molecule has 2 rings (SSSR count). The summed E-state index contributed by atoms with van der Waals surface area (Å²) in [6, 6.07) is 0.635. The summed E-state index contributed by atoms with van der Waals surface area (Å²) in [4.78, 5) is 14.1. The number of carboxylic acid groups (broad SMARTS) is 1. The van der Waals surface area contributed by atoms with Gasteiger partial charge in [0.25, 0.3) is 0 Å². The Hall–Kier alpha value is -0.570. The van der Waals surface area contributed by atoms with Crippen LogP contribution < -0.4 is 0 Å². The van der Waals surface area contributed by atoms with E-state index in [0.29, 0.717) is 6.04 Å². The minimum Gasteiger partial charge on any atom is -0.481 e. The van der Waals surface area contributed by atoms with Crippen molar-refractivity contribution in [3.8, 4) is 0 Å². The first-order chi connectivity index (χ1) is 9.48. The Morgan fingerprint density at radius 1 is 1.30 bits per heavy atom. The quantitative estimate of drug-likeness (QED) is 0.852. The summed E-state index contributed by atoms with van der Waals surface area (Å²) in [7, 11) is 0. The molecule has 116 valence electrons. The number of aliphatic carboxylic acids is 1. The van der Waals surface area contributed by atoms with Crippen molar-refractivity contribution in [3.05, 3.63) is 0 Å². The predicted molar refractivity (Wildman–Crippen MR) is 81.8 cm³/mol. The Balaban J connectivity index is 1.95. The molecule has 1 heterocycles. The van der Waals surface area contributed by atoms with Gasteiger partial charge in [-0.05, 0) is 63.3 Å². The molecule has 0 bridgehead atoms. The Bertz CT molecular complexity index is 334. The SMILES string of the molecule is CCC1(C(=O)O)CCCN(C2CCC(C(C)C)CC2)C1. The van der Waals surface area contributed by atoms with Crippen LogP contribution in [-0.2, 0) is 4.79 Å². The second-order valence-corrected chi connectivity index (χ2v) is 7.33. The van der Waals surface area contributed by atoms with Crippen LogP contribution >= 0.6 is 0 Å². The molecular weight excluding hydrogens is 250 g/mol. The lowest BCUT2D eigenvalue weighted by Gasteiger charge is -2.45. The minimum absolute atomic E-state index is 0.479. The summed E-state index contributed by atoms with van der Waals surface area (Å²) in [5.41, 5.74) is -0.479. The third-order valence-corrected chi connectivity index (χ3v) is 5.94. The van der Waals surface area contributed by atoms with E-state index in [0.717, 1.165) is 44.2 Å². The third kappa shape index (κ3) is 3.19. The van der Waals surface area contributed by atoms with Crippen molar-refractivity contribution in [3.63, 3.8) is 0 Å². The largest absolute Gasteiger partial charge is 0.481 e. The normalized spacial score (nSPS) is 36.2. The Morgan fingerprint density at radius 2 is 1.95 bits per heavy atom. The van der Waals surface area contributed by atoms with Gasteiger partial charge in [-0.15, -0.1) is 0 Å².